The van der Waals surface area contributed by atoms with E-state index in [4.69, 9.17) is 11.6 Å². The Balaban J connectivity index is 2.08. The molecule has 1 aliphatic rings. The van der Waals surface area contributed by atoms with Gasteiger partial charge in [0, 0.05) is 27.1 Å². The van der Waals surface area contributed by atoms with Gasteiger partial charge < -0.3 is 5.32 Å². The van der Waals surface area contributed by atoms with Gasteiger partial charge in [-0.05, 0) is 47.8 Å². The van der Waals surface area contributed by atoms with Crippen LogP contribution in [0.1, 0.15) is 50.6 Å². The van der Waals surface area contributed by atoms with Crippen molar-refractivity contribution in [1.29, 1.82) is 0 Å². The van der Waals surface area contributed by atoms with Gasteiger partial charge in [0.25, 0.3) is 0 Å². The average molecular weight is 395 g/mol. The Hall–Kier alpha value is 0.230. The molecule has 0 saturated heterocycles. The lowest BCUT2D eigenvalue weighted by Crippen LogP contribution is -2.26. The SMILES string of the molecule is CCCNC(CSC1CCCC1)c1ccc(Br)c(Cl)c1F. The second-order valence-corrected chi connectivity index (χ2v) is 8.08. The van der Waals surface area contributed by atoms with E-state index in [9.17, 15) is 4.39 Å². The van der Waals surface area contributed by atoms with Gasteiger partial charge in [-0.2, -0.15) is 11.8 Å². The third-order valence-corrected chi connectivity index (χ3v) is 6.61. The van der Waals surface area contributed by atoms with Gasteiger partial charge in [-0.1, -0.05) is 37.4 Å². The molecular formula is C16H22BrClFNS. The van der Waals surface area contributed by atoms with Crippen molar-refractivity contribution < 1.29 is 4.39 Å². The molecule has 1 N–H and O–H groups in total. The zero-order valence-electron chi connectivity index (χ0n) is 12.3. The van der Waals surface area contributed by atoms with Crippen LogP contribution in [0.3, 0.4) is 0 Å². The molecule has 1 aromatic carbocycles. The summed E-state index contributed by atoms with van der Waals surface area (Å²) in [5.74, 6) is 0.603. The van der Waals surface area contributed by atoms with Crippen LogP contribution in [0.2, 0.25) is 5.02 Å². The van der Waals surface area contributed by atoms with Crippen LogP contribution < -0.4 is 5.32 Å². The quantitative estimate of drug-likeness (QED) is 0.573. The van der Waals surface area contributed by atoms with Crippen LogP contribution in [-0.2, 0) is 0 Å². The Labute approximate surface area is 144 Å². The van der Waals surface area contributed by atoms with E-state index in [0.717, 1.165) is 24.0 Å². The molecule has 1 fully saturated rings. The van der Waals surface area contributed by atoms with Crippen LogP contribution in [0.15, 0.2) is 16.6 Å². The van der Waals surface area contributed by atoms with E-state index < -0.39 is 0 Å². The van der Waals surface area contributed by atoms with Crippen molar-refractivity contribution in [2.24, 2.45) is 0 Å². The summed E-state index contributed by atoms with van der Waals surface area (Å²) >= 11 is 11.3. The van der Waals surface area contributed by atoms with E-state index in [1.54, 1.807) is 0 Å². The highest BCUT2D eigenvalue weighted by Gasteiger charge is 2.22. The van der Waals surface area contributed by atoms with Gasteiger partial charge in [0.2, 0.25) is 0 Å². The zero-order chi connectivity index (χ0) is 15.2. The van der Waals surface area contributed by atoms with Crippen molar-refractivity contribution in [2.45, 2.75) is 50.3 Å². The predicted octanol–water partition coefficient (Wildman–Crippen LogP) is 5.96. The molecule has 0 radical (unpaired) electrons. The number of nitrogens with one attached hydrogen (secondary N) is 1. The lowest BCUT2D eigenvalue weighted by molar-refractivity contribution is 0.531. The normalized spacial score (nSPS) is 17.3. The van der Waals surface area contributed by atoms with Crippen molar-refractivity contribution in [1.82, 2.24) is 5.32 Å². The Morgan fingerprint density at radius 1 is 1.43 bits per heavy atom. The van der Waals surface area contributed by atoms with Gasteiger partial charge in [0.1, 0.15) is 5.82 Å². The fourth-order valence-electron chi connectivity index (χ4n) is 2.67. The Bertz CT molecular complexity index is 466. The smallest absolute Gasteiger partial charge is 0.147 e. The summed E-state index contributed by atoms with van der Waals surface area (Å²) in [5.41, 5.74) is 0.683. The number of halogens is 3. The minimum Gasteiger partial charge on any atom is -0.309 e. The van der Waals surface area contributed by atoms with Crippen molar-refractivity contribution >= 4 is 39.3 Å². The first-order chi connectivity index (χ1) is 10.1. The first-order valence-corrected chi connectivity index (χ1v) is 9.83. The molecule has 1 aromatic rings. The summed E-state index contributed by atoms with van der Waals surface area (Å²) in [6.45, 7) is 3.02. The van der Waals surface area contributed by atoms with Crippen molar-refractivity contribution in [3.63, 3.8) is 0 Å². The molecule has 0 amide bonds. The Morgan fingerprint density at radius 2 is 2.14 bits per heavy atom. The number of thioether (sulfide) groups is 1. The van der Waals surface area contributed by atoms with Gasteiger partial charge >= 0.3 is 0 Å². The maximum Gasteiger partial charge on any atom is 0.147 e. The maximum atomic E-state index is 14.4. The van der Waals surface area contributed by atoms with Gasteiger partial charge in [0.05, 0.1) is 5.02 Å². The third kappa shape index (κ3) is 4.85. The van der Waals surface area contributed by atoms with Gasteiger partial charge in [-0.3, -0.25) is 0 Å². The van der Waals surface area contributed by atoms with E-state index in [1.807, 2.05) is 23.9 Å². The summed E-state index contributed by atoms with van der Waals surface area (Å²) in [6.07, 6.45) is 6.31. The molecule has 0 aliphatic heterocycles. The summed E-state index contributed by atoms with van der Waals surface area (Å²) in [6, 6.07) is 3.70. The topological polar surface area (TPSA) is 12.0 Å². The van der Waals surface area contributed by atoms with E-state index in [1.165, 1.54) is 25.7 Å². The van der Waals surface area contributed by atoms with Crippen LogP contribution in [0.4, 0.5) is 4.39 Å². The Morgan fingerprint density at radius 3 is 2.81 bits per heavy atom. The Kier molecular flexibility index (Phi) is 7.33. The van der Waals surface area contributed by atoms with E-state index in [2.05, 4.69) is 28.2 Å². The summed E-state index contributed by atoms with van der Waals surface area (Å²) in [5, 5.41) is 4.39. The first kappa shape index (κ1) is 17.6. The van der Waals surface area contributed by atoms with Crippen molar-refractivity contribution in [3.8, 4) is 0 Å². The molecule has 5 heteroatoms. The van der Waals surface area contributed by atoms with Crippen LogP contribution in [-0.4, -0.2) is 17.5 Å². The van der Waals surface area contributed by atoms with Crippen molar-refractivity contribution in [2.75, 3.05) is 12.3 Å². The number of hydrogen-bond acceptors (Lipinski definition) is 2. The summed E-state index contributed by atoms with van der Waals surface area (Å²) in [7, 11) is 0. The highest BCUT2D eigenvalue weighted by Crippen LogP contribution is 2.35. The summed E-state index contributed by atoms with van der Waals surface area (Å²) in [4.78, 5) is 0. The van der Waals surface area contributed by atoms with Gasteiger partial charge in [-0.15, -0.1) is 0 Å². The molecule has 1 nitrogen and oxygen atoms in total. The second-order valence-electron chi connectivity index (χ2n) is 5.51. The lowest BCUT2D eigenvalue weighted by Gasteiger charge is -2.21. The molecule has 0 bridgehead atoms. The van der Waals surface area contributed by atoms with Gasteiger partial charge in [-0.25, -0.2) is 4.39 Å². The molecule has 1 aliphatic carbocycles. The first-order valence-electron chi connectivity index (χ1n) is 7.61. The van der Waals surface area contributed by atoms with E-state index in [-0.39, 0.29) is 16.9 Å². The predicted molar refractivity (Wildman–Crippen MR) is 94.9 cm³/mol. The van der Waals surface area contributed by atoms with Crippen LogP contribution in [0, 0.1) is 5.82 Å². The standard InChI is InChI=1S/C16H22BrClFNS/c1-2-9-20-14(10-21-11-5-3-4-6-11)12-7-8-13(17)15(18)16(12)19/h7-8,11,14,20H,2-6,9-10H2,1H3. The van der Waals surface area contributed by atoms with Crippen LogP contribution in [0.5, 0.6) is 0 Å². The molecule has 1 atom stereocenters. The molecular weight excluding hydrogens is 373 g/mol. The van der Waals surface area contributed by atoms with Crippen LogP contribution in [0.25, 0.3) is 0 Å². The van der Waals surface area contributed by atoms with E-state index in [0.29, 0.717) is 10.0 Å². The monoisotopic (exact) mass is 393 g/mol. The molecule has 21 heavy (non-hydrogen) atoms. The minimum atomic E-state index is -0.299. The highest BCUT2D eigenvalue weighted by molar-refractivity contribution is 9.10. The molecule has 0 spiro atoms. The largest absolute Gasteiger partial charge is 0.309 e. The molecule has 1 unspecified atom stereocenters. The average Bonchev–Trinajstić information content (AvgIpc) is 2.99. The minimum absolute atomic E-state index is 0.0288. The second kappa shape index (κ2) is 8.76. The van der Waals surface area contributed by atoms with Crippen LogP contribution >= 0.6 is 39.3 Å². The van der Waals surface area contributed by atoms with Gasteiger partial charge in [0.15, 0.2) is 0 Å². The number of rotatable bonds is 7. The number of benzene rings is 1. The molecule has 1 saturated carbocycles. The van der Waals surface area contributed by atoms with E-state index >= 15 is 0 Å². The highest BCUT2D eigenvalue weighted by atomic mass is 79.9. The zero-order valence-corrected chi connectivity index (χ0v) is 15.5. The molecule has 2 rings (SSSR count). The maximum absolute atomic E-state index is 14.4. The fraction of sp³-hybridized carbons (Fsp3) is 0.625. The molecule has 0 aromatic heterocycles. The fourth-order valence-corrected chi connectivity index (χ4v) is 4.58. The molecule has 118 valence electrons. The van der Waals surface area contributed by atoms with Crippen molar-refractivity contribution in [3.05, 3.63) is 33.0 Å². The lowest BCUT2D eigenvalue weighted by atomic mass is 10.1. The summed E-state index contributed by atoms with van der Waals surface area (Å²) < 4.78 is 15.0. The third-order valence-electron chi connectivity index (χ3n) is 3.88. The molecule has 0 heterocycles. The number of hydrogen-bond donors (Lipinski definition) is 1.